The topological polar surface area (TPSA) is 118 Å². The number of nitrogens with two attached hydrogens (primary N) is 1. The molecule has 1 aliphatic heterocycles. The average Bonchev–Trinajstić information content (AvgIpc) is 3.45. The predicted molar refractivity (Wildman–Crippen MR) is 160 cm³/mol. The Morgan fingerprint density at radius 1 is 1.00 bits per heavy atom. The van der Waals surface area contributed by atoms with Crippen LogP contribution in [-0.2, 0) is 21.2 Å². The molecule has 5 rings (SSSR count). The average molecular weight is 645 g/mol. The minimum absolute atomic E-state index is 0.0547. The van der Waals surface area contributed by atoms with E-state index in [9.17, 15) is 26.4 Å². The Labute approximate surface area is 258 Å². The Hall–Kier alpha value is -4.04. The van der Waals surface area contributed by atoms with E-state index < -0.39 is 57.2 Å². The van der Waals surface area contributed by atoms with Crippen LogP contribution in [0.3, 0.4) is 0 Å². The van der Waals surface area contributed by atoms with E-state index in [2.05, 4.69) is 10.6 Å². The molecule has 1 fully saturated rings. The number of aryl methyl sites for hydroxylation is 1. The van der Waals surface area contributed by atoms with Crippen LogP contribution in [-0.4, -0.2) is 50.3 Å². The second-order valence-corrected chi connectivity index (χ2v) is 12.7. The van der Waals surface area contributed by atoms with E-state index in [4.69, 9.17) is 10.2 Å². The summed E-state index contributed by atoms with van der Waals surface area (Å²) in [5.74, 6) is -4.34. The SMILES string of the molecule is Cc1ccc(S(=O)(=O)N2CCNC[C@@H]2CCc2c(F)cccc2NC(=O)[C@@H](N)[C@@H](c2ccc(F)cc2)c2cc(F)cc(F)c2)o1. The molecule has 1 aliphatic rings. The van der Waals surface area contributed by atoms with Crippen molar-refractivity contribution in [3.63, 3.8) is 0 Å². The molecule has 45 heavy (non-hydrogen) atoms. The third kappa shape index (κ3) is 7.28. The van der Waals surface area contributed by atoms with Gasteiger partial charge in [0, 0.05) is 48.9 Å². The number of sulfonamides is 1. The van der Waals surface area contributed by atoms with Crippen LogP contribution in [0.1, 0.15) is 34.8 Å². The minimum atomic E-state index is -3.95. The number of nitrogens with one attached hydrogen (secondary N) is 2. The number of halogens is 4. The number of hydrogen-bond donors (Lipinski definition) is 3. The first-order valence-electron chi connectivity index (χ1n) is 14.3. The zero-order chi connectivity index (χ0) is 32.3. The molecule has 1 amide bonds. The van der Waals surface area contributed by atoms with Crippen molar-refractivity contribution in [3.05, 3.63) is 119 Å². The standard InChI is InChI=1S/C32H32F4N4O4S/c1-19-5-12-29(44-19)45(42,43)40-14-13-38-18-25(40)10-11-26-27(36)3-2-4-28(26)39-32(41)31(37)30(20-6-8-22(33)9-7-20)21-15-23(34)17-24(35)16-21/h2-9,12,15-17,25,30-31,38H,10-11,13-14,18,37H2,1H3,(H,39,41)/t25-,30-,31-/m0/s1. The van der Waals surface area contributed by atoms with Crippen molar-refractivity contribution < 1.29 is 35.2 Å². The summed E-state index contributed by atoms with van der Waals surface area (Å²) in [5.41, 5.74) is 7.01. The fourth-order valence-electron chi connectivity index (χ4n) is 5.61. The van der Waals surface area contributed by atoms with Crippen LogP contribution in [0.2, 0.25) is 0 Å². The molecule has 0 unspecified atom stereocenters. The zero-order valence-corrected chi connectivity index (χ0v) is 25.1. The number of nitrogens with zero attached hydrogens (tertiary/aromatic N) is 1. The van der Waals surface area contributed by atoms with Crippen LogP contribution in [0, 0.1) is 30.2 Å². The lowest BCUT2D eigenvalue weighted by Gasteiger charge is -2.34. The number of hydrogen-bond acceptors (Lipinski definition) is 6. The quantitative estimate of drug-likeness (QED) is 0.213. The molecular weight excluding hydrogens is 612 g/mol. The fourth-order valence-corrected chi connectivity index (χ4v) is 7.22. The van der Waals surface area contributed by atoms with Crippen molar-refractivity contribution in [2.45, 2.75) is 42.9 Å². The summed E-state index contributed by atoms with van der Waals surface area (Å²) in [6, 6.07) is 12.9. The van der Waals surface area contributed by atoms with Gasteiger partial charge in [0.1, 0.15) is 29.0 Å². The minimum Gasteiger partial charge on any atom is -0.449 e. The molecular formula is C32H32F4N4O4S. The monoisotopic (exact) mass is 644 g/mol. The first-order chi connectivity index (χ1) is 21.4. The molecule has 0 radical (unpaired) electrons. The van der Waals surface area contributed by atoms with E-state index in [0.717, 1.165) is 24.3 Å². The number of carbonyl (C=O) groups is 1. The Balaban J connectivity index is 1.38. The Kier molecular flexibility index (Phi) is 9.73. The molecule has 238 valence electrons. The summed E-state index contributed by atoms with van der Waals surface area (Å²) in [7, 11) is -3.95. The van der Waals surface area contributed by atoms with E-state index in [1.807, 2.05) is 0 Å². The summed E-state index contributed by atoms with van der Waals surface area (Å²) in [5, 5.41) is 5.64. The third-order valence-electron chi connectivity index (χ3n) is 7.81. The van der Waals surface area contributed by atoms with Crippen molar-refractivity contribution in [2.75, 3.05) is 25.0 Å². The van der Waals surface area contributed by atoms with Gasteiger partial charge in [0.25, 0.3) is 10.0 Å². The summed E-state index contributed by atoms with van der Waals surface area (Å²) in [6.45, 7) is 2.59. The highest BCUT2D eigenvalue weighted by molar-refractivity contribution is 7.89. The highest BCUT2D eigenvalue weighted by Crippen LogP contribution is 2.31. The number of anilines is 1. The molecule has 4 N–H and O–H groups in total. The van der Waals surface area contributed by atoms with Crippen molar-refractivity contribution in [3.8, 4) is 0 Å². The lowest BCUT2D eigenvalue weighted by atomic mass is 9.84. The Morgan fingerprint density at radius 3 is 2.38 bits per heavy atom. The van der Waals surface area contributed by atoms with Crippen LogP contribution in [0.15, 0.2) is 82.3 Å². The first-order valence-corrected chi connectivity index (χ1v) is 15.7. The van der Waals surface area contributed by atoms with Crippen molar-refractivity contribution in [1.82, 2.24) is 9.62 Å². The van der Waals surface area contributed by atoms with E-state index >= 15 is 4.39 Å². The lowest BCUT2D eigenvalue weighted by Crippen LogP contribution is -2.53. The summed E-state index contributed by atoms with van der Waals surface area (Å²) in [6.07, 6.45) is 0.270. The van der Waals surface area contributed by atoms with E-state index in [-0.39, 0.29) is 41.3 Å². The largest absolute Gasteiger partial charge is 0.449 e. The molecule has 1 saturated heterocycles. The molecule has 4 aromatic rings. The second kappa shape index (κ2) is 13.5. The van der Waals surface area contributed by atoms with Crippen LogP contribution < -0.4 is 16.4 Å². The van der Waals surface area contributed by atoms with Gasteiger partial charge in [-0.2, -0.15) is 4.31 Å². The fraction of sp³-hybridized carbons (Fsp3) is 0.281. The maximum atomic E-state index is 15.2. The van der Waals surface area contributed by atoms with Crippen LogP contribution in [0.4, 0.5) is 23.2 Å². The highest BCUT2D eigenvalue weighted by atomic mass is 32.2. The summed E-state index contributed by atoms with van der Waals surface area (Å²) in [4.78, 5) is 13.5. The third-order valence-corrected chi connectivity index (χ3v) is 9.64. The maximum absolute atomic E-state index is 15.2. The molecule has 3 aromatic carbocycles. The number of amides is 1. The van der Waals surface area contributed by atoms with Crippen molar-refractivity contribution in [2.24, 2.45) is 5.73 Å². The molecule has 0 spiro atoms. The van der Waals surface area contributed by atoms with Crippen molar-refractivity contribution >= 4 is 21.6 Å². The Morgan fingerprint density at radius 2 is 1.71 bits per heavy atom. The van der Waals surface area contributed by atoms with Gasteiger partial charge in [-0.3, -0.25) is 4.79 Å². The van der Waals surface area contributed by atoms with Gasteiger partial charge in [0.2, 0.25) is 11.0 Å². The highest BCUT2D eigenvalue weighted by Gasteiger charge is 2.36. The van der Waals surface area contributed by atoms with Gasteiger partial charge in [0.15, 0.2) is 0 Å². The molecule has 1 aromatic heterocycles. The Bertz CT molecular complexity index is 1760. The van der Waals surface area contributed by atoms with Gasteiger partial charge in [-0.05, 0) is 79.4 Å². The van der Waals surface area contributed by atoms with E-state index in [1.165, 1.54) is 40.7 Å². The van der Waals surface area contributed by atoms with E-state index in [0.29, 0.717) is 30.5 Å². The van der Waals surface area contributed by atoms with Gasteiger partial charge >= 0.3 is 0 Å². The molecule has 8 nitrogen and oxygen atoms in total. The van der Waals surface area contributed by atoms with Crippen LogP contribution in [0.25, 0.3) is 0 Å². The van der Waals surface area contributed by atoms with Crippen LogP contribution in [0.5, 0.6) is 0 Å². The van der Waals surface area contributed by atoms with E-state index in [1.54, 1.807) is 13.0 Å². The maximum Gasteiger partial charge on any atom is 0.276 e. The number of rotatable bonds is 10. The molecule has 0 bridgehead atoms. The smallest absolute Gasteiger partial charge is 0.276 e. The van der Waals surface area contributed by atoms with Gasteiger partial charge in [0.05, 0.1) is 6.04 Å². The molecule has 13 heteroatoms. The second-order valence-electron chi connectivity index (χ2n) is 10.9. The lowest BCUT2D eigenvalue weighted by molar-refractivity contribution is -0.117. The van der Waals surface area contributed by atoms with Gasteiger partial charge in [-0.15, -0.1) is 0 Å². The number of piperazine rings is 1. The molecule has 3 atom stereocenters. The van der Waals surface area contributed by atoms with Crippen LogP contribution >= 0.6 is 0 Å². The normalized spacial score (nSPS) is 17.2. The van der Waals surface area contributed by atoms with Gasteiger partial charge in [-0.1, -0.05) is 18.2 Å². The number of carbonyl (C=O) groups excluding carboxylic acids is 1. The number of benzene rings is 3. The first kappa shape index (κ1) is 32.4. The summed E-state index contributed by atoms with van der Waals surface area (Å²) < 4.78 is 90.6. The molecule has 2 heterocycles. The van der Waals surface area contributed by atoms with Gasteiger partial charge in [-0.25, -0.2) is 26.0 Å². The summed E-state index contributed by atoms with van der Waals surface area (Å²) >= 11 is 0. The van der Waals surface area contributed by atoms with Crippen molar-refractivity contribution in [1.29, 1.82) is 0 Å². The number of furan rings is 1. The molecule has 0 saturated carbocycles. The zero-order valence-electron chi connectivity index (χ0n) is 24.3. The predicted octanol–water partition coefficient (Wildman–Crippen LogP) is 4.84. The van der Waals surface area contributed by atoms with Gasteiger partial charge < -0.3 is 20.8 Å². The molecule has 0 aliphatic carbocycles.